The van der Waals surface area contributed by atoms with E-state index < -0.39 is 0 Å². The van der Waals surface area contributed by atoms with Crippen LogP contribution in [0, 0.1) is 12.3 Å². The van der Waals surface area contributed by atoms with Crippen molar-refractivity contribution in [2.24, 2.45) is 0 Å². The molecule has 0 bridgehead atoms. The van der Waals surface area contributed by atoms with Crippen LogP contribution in [-0.4, -0.2) is 46.9 Å². The summed E-state index contributed by atoms with van der Waals surface area (Å²) in [6.07, 6.45) is 5.14. The highest BCUT2D eigenvalue weighted by Crippen LogP contribution is 2.25. The van der Waals surface area contributed by atoms with E-state index in [-0.39, 0.29) is 11.2 Å². The van der Waals surface area contributed by atoms with Crippen LogP contribution in [0.4, 0.5) is 0 Å². The summed E-state index contributed by atoms with van der Waals surface area (Å²) in [5.74, 6) is 5.82. The average Bonchev–Trinajstić information content (AvgIpc) is 2.18. The van der Waals surface area contributed by atoms with E-state index >= 15 is 0 Å². The number of rotatable bonds is 2. The lowest BCUT2D eigenvalue weighted by Gasteiger charge is -2.24. The van der Waals surface area contributed by atoms with Gasteiger partial charge in [0.05, 0.1) is 11.8 Å². The molecule has 1 amide bonds. The van der Waals surface area contributed by atoms with Gasteiger partial charge in [-0.15, -0.1) is 18.2 Å². The molecule has 0 spiro atoms. The van der Waals surface area contributed by atoms with Gasteiger partial charge in [0, 0.05) is 24.3 Å². The topological polar surface area (TPSA) is 20.3 Å². The Morgan fingerprint density at radius 2 is 2.46 bits per heavy atom. The van der Waals surface area contributed by atoms with Crippen molar-refractivity contribution in [3.63, 3.8) is 0 Å². The van der Waals surface area contributed by atoms with Crippen LogP contribution < -0.4 is 0 Å². The number of carbonyl (C=O) groups excluding carboxylic acids is 1. The van der Waals surface area contributed by atoms with Gasteiger partial charge >= 0.3 is 0 Å². The van der Waals surface area contributed by atoms with E-state index in [1.54, 1.807) is 23.7 Å². The molecule has 1 aliphatic heterocycles. The number of amides is 1. The predicted octanol–water partition coefficient (Wildman–Crippen LogP) is 0.927. The van der Waals surface area contributed by atoms with Crippen molar-refractivity contribution < 1.29 is 4.79 Å². The summed E-state index contributed by atoms with van der Waals surface area (Å²) in [5, 5.41) is 0.122. The van der Waals surface area contributed by atoms with E-state index in [1.807, 2.05) is 11.8 Å². The van der Waals surface area contributed by atoms with Crippen LogP contribution in [0.1, 0.15) is 0 Å². The summed E-state index contributed by atoms with van der Waals surface area (Å²) in [4.78, 5) is 13.3. The molecule has 13 heavy (non-hydrogen) atoms. The number of carbonyl (C=O) groups is 1. The maximum absolute atomic E-state index is 11.7. The van der Waals surface area contributed by atoms with Crippen LogP contribution in [0.5, 0.6) is 0 Å². The highest BCUT2D eigenvalue weighted by atomic mass is 32.2. The summed E-state index contributed by atoms with van der Waals surface area (Å²) in [6, 6.07) is 0. The predicted molar refractivity (Wildman–Crippen MR) is 60.0 cm³/mol. The molecule has 0 aromatic carbocycles. The maximum Gasteiger partial charge on any atom is 0.237 e. The number of terminal acetylenes is 1. The zero-order valence-corrected chi connectivity index (χ0v) is 9.29. The number of nitrogens with zero attached hydrogens (tertiary/aromatic N) is 1. The molecule has 4 heteroatoms. The second kappa shape index (κ2) is 5.46. The van der Waals surface area contributed by atoms with Gasteiger partial charge in [0.25, 0.3) is 0 Å². The van der Waals surface area contributed by atoms with Gasteiger partial charge in [0.2, 0.25) is 5.91 Å². The first-order valence-corrected chi connectivity index (χ1v) is 6.34. The van der Waals surface area contributed by atoms with Gasteiger partial charge in [-0.1, -0.05) is 5.92 Å². The number of hydrogen-bond acceptors (Lipinski definition) is 3. The molecule has 2 nitrogen and oxygen atoms in total. The Hall–Kier alpha value is -0.270. The number of thioether (sulfide) groups is 2. The fourth-order valence-electron chi connectivity index (χ4n) is 1.09. The molecule has 0 N–H and O–H groups in total. The molecule has 1 heterocycles. The minimum absolute atomic E-state index is 0.122. The normalized spacial score (nSPS) is 22.0. The van der Waals surface area contributed by atoms with E-state index in [0.717, 1.165) is 17.3 Å². The minimum atomic E-state index is 0.122. The lowest BCUT2D eigenvalue weighted by atomic mass is 10.4. The second-order valence-corrected chi connectivity index (χ2v) is 5.29. The lowest BCUT2D eigenvalue weighted by Crippen LogP contribution is -2.37. The molecular formula is C9H13NOS2. The van der Waals surface area contributed by atoms with E-state index in [2.05, 4.69) is 5.92 Å². The van der Waals surface area contributed by atoms with E-state index in [4.69, 9.17) is 6.42 Å². The van der Waals surface area contributed by atoms with Crippen molar-refractivity contribution in [2.45, 2.75) is 5.25 Å². The van der Waals surface area contributed by atoms with Crippen LogP contribution in [0.2, 0.25) is 0 Å². The van der Waals surface area contributed by atoms with Crippen LogP contribution in [-0.2, 0) is 4.79 Å². The van der Waals surface area contributed by atoms with Crippen molar-refractivity contribution in [1.82, 2.24) is 4.90 Å². The van der Waals surface area contributed by atoms with Crippen molar-refractivity contribution in [3.05, 3.63) is 0 Å². The zero-order chi connectivity index (χ0) is 9.68. The Bertz CT molecular complexity index is 218. The molecule has 1 fully saturated rings. The largest absolute Gasteiger partial charge is 0.334 e. The fourth-order valence-corrected chi connectivity index (χ4v) is 3.75. The van der Waals surface area contributed by atoms with Crippen LogP contribution in [0.25, 0.3) is 0 Å². The molecule has 1 saturated heterocycles. The van der Waals surface area contributed by atoms with E-state index in [1.165, 1.54) is 0 Å². The third kappa shape index (κ3) is 3.17. The molecule has 0 saturated carbocycles. The molecule has 1 aliphatic rings. The molecule has 0 radical (unpaired) electrons. The highest BCUT2D eigenvalue weighted by molar-refractivity contribution is 8.07. The van der Waals surface area contributed by atoms with Crippen molar-refractivity contribution >= 4 is 29.4 Å². The van der Waals surface area contributed by atoms with Crippen LogP contribution >= 0.6 is 23.5 Å². The summed E-state index contributed by atoms with van der Waals surface area (Å²) < 4.78 is 0. The van der Waals surface area contributed by atoms with E-state index in [0.29, 0.717) is 6.54 Å². The molecule has 1 rings (SSSR count). The Morgan fingerprint density at radius 1 is 1.69 bits per heavy atom. The lowest BCUT2D eigenvalue weighted by molar-refractivity contribution is -0.128. The van der Waals surface area contributed by atoms with E-state index in [9.17, 15) is 4.79 Å². The molecule has 1 atom stereocenters. The molecule has 0 aromatic rings. The SMILES string of the molecule is C#CCN(C)C(=O)C1CSCCS1. The molecule has 72 valence electrons. The van der Waals surface area contributed by atoms with Gasteiger partial charge in [-0.25, -0.2) is 0 Å². The fraction of sp³-hybridized carbons (Fsp3) is 0.667. The monoisotopic (exact) mass is 215 g/mol. The zero-order valence-electron chi connectivity index (χ0n) is 7.66. The maximum atomic E-state index is 11.7. The van der Waals surface area contributed by atoms with Crippen LogP contribution in [0.3, 0.4) is 0 Å². The standard InChI is InChI=1S/C9H13NOS2/c1-3-4-10(2)9(11)8-7-12-5-6-13-8/h1,8H,4-7H2,2H3. The number of hydrogen-bond donors (Lipinski definition) is 0. The van der Waals surface area contributed by atoms with Crippen molar-refractivity contribution in [1.29, 1.82) is 0 Å². The van der Waals surface area contributed by atoms with Gasteiger partial charge in [-0.2, -0.15) is 11.8 Å². The Morgan fingerprint density at radius 3 is 3.00 bits per heavy atom. The third-order valence-corrected chi connectivity index (χ3v) is 4.54. The first-order valence-electron chi connectivity index (χ1n) is 4.13. The first kappa shape index (κ1) is 10.8. The second-order valence-electron chi connectivity index (χ2n) is 2.83. The molecule has 1 unspecified atom stereocenters. The Labute approximate surface area is 87.8 Å². The summed E-state index contributed by atoms with van der Waals surface area (Å²) in [7, 11) is 1.77. The molecule has 0 aromatic heterocycles. The van der Waals surface area contributed by atoms with Gasteiger partial charge in [-0.3, -0.25) is 4.79 Å². The third-order valence-electron chi connectivity index (χ3n) is 1.80. The highest BCUT2D eigenvalue weighted by Gasteiger charge is 2.24. The van der Waals surface area contributed by atoms with Gasteiger partial charge in [0.1, 0.15) is 0 Å². The summed E-state index contributed by atoms with van der Waals surface area (Å²) >= 11 is 3.59. The minimum Gasteiger partial charge on any atom is -0.334 e. The quantitative estimate of drug-likeness (QED) is 0.639. The molecular weight excluding hydrogens is 202 g/mol. The first-order chi connectivity index (χ1) is 6.25. The van der Waals surface area contributed by atoms with Crippen LogP contribution in [0.15, 0.2) is 0 Å². The Kier molecular flexibility index (Phi) is 4.54. The Balaban J connectivity index is 2.41. The van der Waals surface area contributed by atoms with Crippen molar-refractivity contribution in [2.75, 3.05) is 30.9 Å². The smallest absolute Gasteiger partial charge is 0.237 e. The van der Waals surface area contributed by atoms with Gasteiger partial charge in [-0.05, 0) is 0 Å². The summed E-state index contributed by atoms with van der Waals surface area (Å²) in [6.45, 7) is 0.417. The van der Waals surface area contributed by atoms with Gasteiger partial charge in [0.15, 0.2) is 0 Å². The van der Waals surface area contributed by atoms with Crippen molar-refractivity contribution in [3.8, 4) is 12.3 Å². The van der Waals surface area contributed by atoms with Gasteiger partial charge < -0.3 is 4.90 Å². The summed E-state index contributed by atoms with van der Waals surface area (Å²) in [5.41, 5.74) is 0. The molecule has 0 aliphatic carbocycles. The average molecular weight is 215 g/mol.